The second kappa shape index (κ2) is 9.32. The first-order valence-corrected chi connectivity index (χ1v) is 8.51. The van der Waals surface area contributed by atoms with E-state index < -0.39 is 17.7 Å². The molecule has 0 aliphatic carbocycles. The van der Waals surface area contributed by atoms with Gasteiger partial charge in [-0.15, -0.1) is 0 Å². The predicted octanol–water partition coefficient (Wildman–Crippen LogP) is 4.10. The van der Waals surface area contributed by atoms with Crippen LogP contribution in [-0.2, 0) is 0 Å². The molecule has 2 aromatic rings. The van der Waals surface area contributed by atoms with E-state index in [1.165, 1.54) is 11.0 Å². The lowest BCUT2D eigenvalue weighted by Gasteiger charge is -2.25. The Kier molecular flexibility index (Phi) is 7.12. The minimum atomic E-state index is -0.931. The Bertz CT molecular complexity index is 764. The first-order chi connectivity index (χ1) is 12.8. The summed E-state index contributed by atoms with van der Waals surface area (Å²) < 4.78 is 36.9. The molecule has 0 aromatic heterocycles. The number of carbonyl (C=O) groups is 1. The van der Waals surface area contributed by atoms with Crippen LogP contribution in [0.4, 0.5) is 13.6 Å². The first-order valence-electron chi connectivity index (χ1n) is 8.51. The van der Waals surface area contributed by atoms with Gasteiger partial charge in [0, 0.05) is 32.6 Å². The van der Waals surface area contributed by atoms with Crippen LogP contribution in [0, 0.1) is 11.6 Å². The molecule has 146 valence electrons. The third kappa shape index (κ3) is 5.92. The van der Waals surface area contributed by atoms with Gasteiger partial charge in [0.2, 0.25) is 0 Å². The zero-order valence-electron chi connectivity index (χ0n) is 15.9. The van der Waals surface area contributed by atoms with Gasteiger partial charge >= 0.3 is 6.09 Å². The molecule has 5 nitrogen and oxygen atoms in total. The number of hydrogen-bond donors (Lipinski definition) is 0. The summed E-state index contributed by atoms with van der Waals surface area (Å²) in [6, 6.07) is 10.8. The fraction of sp³-hybridized carbons (Fsp3) is 0.350. The van der Waals surface area contributed by atoms with Gasteiger partial charge < -0.3 is 19.3 Å². The van der Waals surface area contributed by atoms with Gasteiger partial charge in [0.15, 0.2) is 11.6 Å². The molecule has 0 unspecified atom stereocenters. The second-order valence-electron chi connectivity index (χ2n) is 6.52. The highest BCUT2D eigenvalue weighted by Crippen LogP contribution is 2.25. The number of carbonyl (C=O) groups excluding carboxylic acids is 1. The molecule has 0 saturated heterocycles. The van der Waals surface area contributed by atoms with Crippen molar-refractivity contribution in [3.8, 4) is 11.5 Å². The summed E-state index contributed by atoms with van der Waals surface area (Å²) in [7, 11) is 7.13. The number of ether oxygens (including phenoxy) is 2. The molecule has 1 atom stereocenters. The molecule has 0 bridgehead atoms. The monoisotopic (exact) mass is 378 g/mol. The van der Waals surface area contributed by atoms with Crippen molar-refractivity contribution < 1.29 is 23.0 Å². The molecule has 0 fully saturated rings. The zero-order chi connectivity index (χ0) is 20.0. The van der Waals surface area contributed by atoms with E-state index >= 15 is 0 Å². The third-order valence-corrected chi connectivity index (χ3v) is 4.01. The van der Waals surface area contributed by atoms with E-state index in [4.69, 9.17) is 9.47 Å². The van der Waals surface area contributed by atoms with E-state index in [9.17, 15) is 13.6 Å². The summed E-state index contributed by atoms with van der Waals surface area (Å²) in [6.45, 7) is 0.339. The molecule has 1 amide bonds. The summed E-state index contributed by atoms with van der Waals surface area (Å²) in [5, 5.41) is 0. The van der Waals surface area contributed by atoms with Gasteiger partial charge in [-0.05, 0) is 43.9 Å². The van der Waals surface area contributed by atoms with Crippen molar-refractivity contribution in [1.82, 2.24) is 9.80 Å². The molecular formula is C20H24F2N2O3. The van der Waals surface area contributed by atoms with Gasteiger partial charge in [0.1, 0.15) is 11.5 Å². The lowest BCUT2D eigenvalue weighted by Crippen LogP contribution is -2.25. The van der Waals surface area contributed by atoms with E-state index in [-0.39, 0.29) is 11.8 Å². The van der Waals surface area contributed by atoms with Crippen LogP contribution in [0.2, 0.25) is 0 Å². The van der Waals surface area contributed by atoms with Crippen molar-refractivity contribution in [2.24, 2.45) is 0 Å². The Morgan fingerprint density at radius 1 is 0.963 bits per heavy atom. The predicted molar refractivity (Wildman–Crippen MR) is 99.1 cm³/mol. The fourth-order valence-corrected chi connectivity index (χ4v) is 2.53. The van der Waals surface area contributed by atoms with E-state index in [1.807, 2.05) is 31.1 Å². The molecule has 2 rings (SSSR count). The molecule has 2 aromatic carbocycles. The van der Waals surface area contributed by atoms with Crippen LogP contribution in [-0.4, -0.2) is 50.7 Å². The number of halogens is 2. The maximum Gasteiger partial charge on any atom is 0.414 e. The Labute approximate surface area is 158 Å². The number of benzene rings is 2. The number of nitrogens with zero attached hydrogens (tertiary/aromatic N) is 2. The van der Waals surface area contributed by atoms with Crippen molar-refractivity contribution in [3.63, 3.8) is 0 Å². The highest BCUT2D eigenvalue weighted by molar-refractivity contribution is 5.69. The summed E-state index contributed by atoms with van der Waals surface area (Å²) in [6.07, 6.45) is 0.204. The molecule has 7 heteroatoms. The molecule has 0 saturated carbocycles. The fourth-order valence-electron chi connectivity index (χ4n) is 2.53. The summed E-state index contributed by atoms with van der Waals surface area (Å²) >= 11 is 0. The molecule has 0 radical (unpaired) electrons. The lowest BCUT2D eigenvalue weighted by molar-refractivity contribution is 0.172. The normalized spacial score (nSPS) is 12.0. The minimum absolute atomic E-state index is 0.0499. The van der Waals surface area contributed by atoms with Gasteiger partial charge in [-0.1, -0.05) is 12.1 Å². The molecule has 0 heterocycles. The third-order valence-electron chi connectivity index (χ3n) is 4.01. The standard InChI is InChI=1S/C20H24F2N2O3/c1-23(2)19(11-12-26-16-9-10-17(21)18(22)13-16)14-5-7-15(8-6-14)27-20(25)24(3)4/h5-10,13,19H,11-12H2,1-4H3/t19-/m0/s1. The van der Waals surface area contributed by atoms with E-state index in [1.54, 1.807) is 26.2 Å². The molecule has 0 aliphatic heterocycles. The molecule has 0 aliphatic rings. The second-order valence-corrected chi connectivity index (χ2v) is 6.52. The SMILES string of the molecule is CN(C)C(=O)Oc1ccc([C@H](CCOc2ccc(F)c(F)c2)N(C)C)cc1. The quantitative estimate of drug-likeness (QED) is 0.728. The van der Waals surface area contributed by atoms with Gasteiger partial charge in [0.05, 0.1) is 6.61 Å². The molecular weight excluding hydrogens is 354 g/mol. The van der Waals surface area contributed by atoms with Crippen LogP contribution in [0.5, 0.6) is 11.5 Å². The summed E-state index contributed by atoms with van der Waals surface area (Å²) in [5.41, 5.74) is 1.03. The largest absolute Gasteiger partial charge is 0.493 e. The Hall–Kier alpha value is -2.67. The van der Waals surface area contributed by atoms with Crippen LogP contribution in [0.15, 0.2) is 42.5 Å². The number of hydrogen-bond acceptors (Lipinski definition) is 4. The Morgan fingerprint density at radius 2 is 1.59 bits per heavy atom. The minimum Gasteiger partial charge on any atom is -0.493 e. The molecule has 27 heavy (non-hydrogen) atoms. The Balaban J connectivity index is 1.97. The van der Waals surface area contributed by atoms with E-state index in [0.29, 0.717) is 18.8 Å². The molecule has 0 spiro atoms. The van der Waals surface area contributed by atoms with Gasteiger partial charge in [0.25, 0.3) is 0 Å². The van der Waals surface area contributed by atoms with Gasteiger partial charge in [-0.2, -0.15) is 0 Å². The Morgan fingerprint density at radius 3 is 2.15 bits per heavy atom. The number of rotatable bonds is 7. The van der Waals surface area contributed by atoms with Crippen LogP contribution >= 0.6 is 0 Å². The smallest absolute Gasteiger partial charge is 0.414 e. The van der Waals surface area contributed by atoms with Crippen molar-refractivity contribution in [2.75, 3.05) is 34.8 Å². The van der Waals surface area contributed by atoms with Crippen LogP contribution < -0.4 is 9.47 Å². The topological polar surface area (TPSA) is 42.0 Å². The van der Waals surface area contributed by atoms with E-state index in [0.717, 1.165) is 17.7 Å². The maximum absolute atomic E-state index is 13.2. The molecule has 0 N–H and O–H groups in total. The lowest BCUT2D eigenvalue weighted by atomic mass is 10.0. The average Bonchev–Trinajstić information content (AvgIpc) is 2.62. The average molecular weight is 378 g/mol. The summed E-state index contributed by atoms with van der Waals surface area (Å²) in [5.74, 6) is -1.08. The van der Waals surface area contributed by atoms with Crippen LogP contribution in [0.3, 0.4) is 0 Å². The zero-order valence-corrected chi connectivity index (χ0v) is 15.9. The van der Waals surface area contributed by atoms with Gasteiger partial charge in [-0.3, -0.25) is 0 Å². The summed E-state index contributed by atoms with van der Waals surface area (Å²) in [4.78, 5) is 15.0. The number of amides is 1. The highest BCUT2D eigenvalue weighted by atomic mass is 19.2. The van der Waals surface area contributed by atoms with Crippen molar-refractivity contribution in [2.45, 2.75) is 12.5 Å². The van der Waals surface area contributed by atoms with Crippen molar-refractivity contribution >= 4 is 6.09 Å². The van der Waals surface area contributed by atoms with Crippen molar-refractivity contribution in [3.05, 3.63) is 59.7 Å². The first kappa shape index (κ1) is 20.6. The highest BCUT2D eigenvalue weighted by Gasteiger charge is 2.15. The van der Waals surface area contributed by atoms with Gasteiger partial charge in [-0.25, -0.2) is 13.6 Å². The van der Waals surface area contributed by atoms with Crippen molar-refractivity contribution in [1.29, 1.82) is 0 Å². The van der Waals surface area contributed by atoms with E-state index in [2.05, 4.69) is 0 Å². The maximum atomic E-state index is 13.2. The van der Waals surface area contributed by atoms with Crippen LogP contribution in [0.25, 0.3) is 0 Å². The van der Waals surface area contributed by atoms with Crippen LogP contribution in [0.1, 0.15) is 18.0 Å².